The third kappa shape index (κ3) is 3.88. The van der Waals surface area contributed by atoms with Crippen molar-refractivity contribution in [2.24, 2.45) is 0 Å². The number of aromatic nitrogens is 2. The SMILES string of the molecule is Cc1cc(NC(=O)C(F)(F)C(F)(F)C(F)(F)F)nn1Cc1ccccc1F. The van der Waals surface area contributed by atoms with E-state index in [9.17, 15) is 39.9 Å². The van der Waals surface area contributed by atoms with Crippen LogP contribution < -0.4 is 5.32 Å². The highest BCUT2D eigenvalue weighted by Gasteiger charge is 2.76. The van der Waals surface area contributed by atoms with Crippen LogP contribution in [0.3, 0.4) is 0 Å². The monoisotopic (exact) mass is 401 g/mol. The van der Waals surface area contributed by atoms with Crippen LogP contribution in [0.1, 0.15) is 11.3 Å². The first kappa shape index (κ1) is 20.6. The molecule has 27 heavy (non-hydrogen) atoms. The van der Waals surface area contributed by atoms with Gasteiger partial charge in [0.15, 0.2) is 5.82 Å². The van der Waals surface area contributed by atoms with E-state index in [2.05, 4.69) is 5.10 Å². The summed E-state index contributed by atoms with van der Waals surface area (Å²) in [6, 6.07) is 6.44. The minimum Gasteiger partial charge on any atom is -0.304 e. The second-order valence-corrected chi connectivity index (χ2v) is 5.52. The molecule has 0 aliphatic heterocycles. The molecule has 0 bridgehead atoms. The smallest absolute Gasteiger partial charge is 0.304 e. The first-order valence-electron chi connectivity index (χ1n) is 7.19. The number of benzene rings is 1. The Kier molecular flexibility index (Phi) is 5.21. The normalized spacial score (nSPS) is 12.9. The molecule has 148 valence electrons. The Morgan fingerprint density at radius 2 is 1.70 bits per heavy atom. The topological polar surface area (TPSA) is 46.9 Å². The van der Waals surface area contributed by atoms with Gasteiger partial charge in [-0.05, 0) is 13.0 Å². The Hall–Kier alpha value is -2.66. The van der Waals surface area contributed by atoms with Crippen molar-refractivity contribution in [3.63, 3.8) is 0 Å². The Balaban J connectivity index is 2.21. The second kappa shape index (κ2) is 6.82. The van der Waals surface area contributed by atoms with Gasteiger partial charge in [-0.25, -0.2) is 4.39 Å². The Morgan fingerprint density at radius 1 is 1.11 bits per heavy atom. The van der Waals surface area contributed by atoms with Gasteiger partial charge < -0.3 is 5.32 Å². The van der Waals surface area contributed by atoms with Crippen LogP contribution in [-0.2, 0) is 11.3 Å². The van der Waals surface area contributed by atoms with E-state index >= 15 is 0 Å². The number of hydrogen-bond acceptors (Lipinski definition) is 2. The van der Waals surface area contributed by atoms with Gasteiger partial charge in [-0.3, -0.25) is 9.48 Å². The fraction of sp³-hybridized carbons (Fsp3) is 0.333. The van der Waals surface area contributed by atoms with E-state index < -0.39 is 35.6 Å². The highest BCUT2D eigenvalue weighted by atomic mass is 19.4. The molecule has 0 radical (unpaired) electrons. The Bertz CT molecular complexity index is 844. The van der Waals surface area contributed by atoms with Gasteiger partial charge in [-0.15, -0.1) is 0 Å². The minimum absolute atomic E-state index is 0.149. The molecule has 0 fully saturated rings. The maximum absolute atomic E-state index is 13.6. The molecular weight excluding hydrogens is 390 g/mol. The van der Waals surface area contributed by atoms with Gasteiger partial charge in [0.2, 0.25) is 0 Å². The summed E-state index contributed by atoms with van der Waals surface area (Å²) in [6.07, 6.45) is -6.63. The molecular formula is C15H11F8N3O. The summed E-state index contributed by atoms with van der Waals surface area (Å²) in [6.45, 7) is 1.19. The van der Waals surface area contributed by atoms with E-state index in [0.717, 1.165) is 16.8 Å². The second-order valence-electron chi connectivity index (χ2n) is 5.52. The van der Waals surface area contributed by atoms with E-state index in [4.69, 9.17) is 0 Å². The summed E-state index contributed by atoms with van der Waals surface area (Å²) in [5.74, 6) is -16.8. The lowest BCUT2D eigenvalue weighted by Crippen LogP contribution is -2.57. The fourth-order valence-electron chi connectivity index (χ4n) is 2.03. The maximum Gasteiger partial charge on any atom is 0.460 e. The van der Waals surface area contributed by atoms with Crippen LogP contribution in [0.15, 0.2) is 30.3 Å². The standard InChI is InChI=1S/C15H11F8N3O/c1-8-6-11(25-26(8)7-9-4-2-3-5-10(9)16)24-12(27)13(17,18)14(19,20)15(21,22)23/h2-6H,7H2,1H3,(H,24,25,27). The highest BCUT2D eigenvalue weighted by molar-refractivity contribution is 5.96. The summed E-state index contributed by atoms with van der Waals surface area (Å²) < 4.78 is 103. The Labute approximate surface area is 146 Å². The van der Waals surface area contributed by atoms with Gasteiger partial charge >= 0.3 is 23.9 Å². The molecule has 1 amide bonds. The molecule has 1 aromatic carbocycles. The van der Waals surface area contributed by atoms with Crippen molar-refractivity contribution < 1.29 is 39.9 Å². The van der Waals surface area contributed by atoms with E-state index in [1.807, 2.05) is 0 Å². The molecule has 0 saturated heterocycles. The summed E-state index contributed by atoms with van der Waals surface area (Å²) in [7, 11) is 0. The zero-order valence-corrected chi connectivity index (χ0v) is 13.4. The first-order valence-corrected chi connectivity index (χ1v) is 7.19. The van der Waals surface area contributed by atoms with Gasteiger partial charge in [0, 0.05) is 17.3 Å². The van der Waals surface area contributed by atoms with Crippen molar-refractivity contribution >= 4 is 11.7 Å². The number of anilines is 1. The number of rotatable bonds is 5. The highest BCUT2D eigenvalue weighted by Crippen LogP contribution is 2.46. The number of hydrogen-bond donors (Lipinski definition) is 1. The zero-order chi connectivity index (χ0) is 20.6. The minimum atomic E-state index is -6.63. The van der Waals surface area contributed by atoms with Gasteiger partial charge in [0.1, 0.15) is 5.82 Å². The molecule has 0 atom stereocenters. The number of aryl methyl sites for hydroxylation is 1. The van der Waals surface area contributed by atoms with Crippen molar-refractivity contribution in [2.75, 3.05) is 5.32 Å². The molecule has 0 aliphatic carbocycles. The number of halogens is 8. The molecule has 4 nitrogen and oxygen atoms in total. The van der Waals surface area contributed by atoms with Crippen LogP contribution in [0.5, 0.6) is 0 Å². The van der Waals surface area contributed by atoms with Crippen molar-refractivity contribution in [1.29, 1.82) is 0 Å². The van der Waals surface area contributed by atoms with E-state index in [1.54, 1.807) is 0 Å². The molecule has 12 heteroatoms. The molecule has 0 aliphatic rings. The van der Waals surface area contributed by atoms with E-state index in [0.29, 0.717) is 0 Å². The predicted molar refractivity (Wildman–Crippen MR) is 77.0 cm³/mol. The van der Waals surface area contributed by atoms with E-state index in [-0.39, 0.29) is 17.8 Å². The lowest BCUT2D eigenvalue weighted by molar-refractivity contribution is -0.343. The van der Waals surface area contributed by atoms with Gasteiger partial charge in [0.25, 0.3) is 0 Å². The third-order valence-corrected chi connectivity index (χ3v) is 3.54. The van der Waals surface area contributed by atoms with Gasteiger partial charge in [0.05, 0.1) is 6.54 Å². The predicted octanol–water partition coefficient (Wildman–Crippen LogP) is 4.15. The summed E-state index contributed by atoms with van der Waals surface area (Å²) in [5.41, 5.74) is 0.356. The van der Waals surface area contributed by atoms with Crippen LogP contribution >= 0.6 is 0 Å². The lowest BCUT2D eigenvalue weighted by Gasteiger charge is -2.26. The molecule has 1 heterocycles. The molecule has 0 unspecified atom stereocenters. The third-order valence-electron chi connectivity index (χ3n) is 3.54. The van der Waals surface area contributed by atoms with Crippen LogP contribution in [0, 0.1) is 12.7 Å². The molecule has 1 N–H and O–H groups in total. The van der Waals surface area contributed by atoms with Crippen molar-refractivity contribution in [2.45, 2.75) is 31.5 Å². The van der Waals surface area contributed by atoms with Crippen LogP contribution in [0.4, 0.5) is 40.9 Å². The summed E-state index contributed by atoms with van der Waals surface area (Å²) in [5, 5.41) is 4.83. The van der Waals surface area contributed by atoms with Crippen LogP contribution in [-0.4, -0.2) is 33.7 Å². The molecule has 2 aromatic rings. The quantitative estimate of drug-likeness (QED) is 0.766. The summed E-state index contributed by atoms with van der Waals surface area (Å²) >= 11 is 0. The van der Waals surface area contributed by atoms with Crippen molar-refractivity contribution in [1.82, 2.24) is 9.78 Å². The number of alkyl halides is 7. The van der Waals surface area contributed by atoms with E-state index in [1.165, 1.54) is 30.4 Å². The summed E-state index contributed by atoms with van der Waals surface area (Å²) in [4.78, 5) is 11.3. The molecule has 0 spiro atoms. The molecule has 0 saturated carbocycles. The maximum atomic E-state index is 13.6. The average Bonchev–Trinajstić information content (AvgIpc) is 2.87. The number of carbonyl (C=O) groups excluding carboxylic acids is 1. The number of carbonyl (C=O) groups is 1. The molecule has 2 rings (SSSR count). The van der Waals surface area contributed by atoms with Crippen molar-refractivity contribution in [3.8, 4) is 0 Å². The number of amides is 1. The largest absolute Gasteiger partial charge is 0.460 e. The average molecular weight is 401 g/mol. The fourth-order valence-corrected chi connectivity index (χ4v) is 2.03. The van der Waals surface area contributed by atoms with Crippen LogP contribution in [0.25, 0.3) is 0 Å². The van der Waals surface area contributed by atoms with Gasteiger partial charge in [-0.1, -0.05) is 18.2 Å². The first-order chi connectivity index (χ1) is 12.3. The van der Waals surface area contributed by atoms with Crippen molar-refractivity contribution in [3.05, 3.63) is 47.4 Å². The van der Waals surface area contributed by atoms with Gasteiger partial charge in [-0.2, -0.15) is 35.8 Å². The number of nitrogens with zero attached hydrogens (tertiary/aromatic N) is 2. The molecule has 1 aromatic heterocycles. The number of nitrogens with one attached hydrogen (secondary N) is 1. The zero-order valence-electron chi connectivity index (χ0n) is 13.4. The Morgan fingerprint density at radius 3 is 2.26 bits per heavy atom. The lowest BCUT2D eigenvalue weighted by atomic mass is 10.1. The van der Waals surface area contributed by atoms with Crippen LogP contribution in [0.2, 0.25) is 0 Å².